The van der Waals surface area contributed by atoms with E-state index in [1.54, 1.807) is 39.8 Å². The van der Waals surface area contributed by atoms with Crippen molar-refractivity contribution in [3.63, 3.8) is 0 Å². The summed E-state index contributed by atoms with van der Waals surface area (Å²) in [6.07, 6.45) is 11.3. The fourth-order valence-electron chi connectivity index (χ4n) is 15.6. The van der Waals surface area contributed by atoms with Crippen LogP contribution in [0.4, 0.5) is 5.69 Å². The van der Waals surface area contributed by atoms with Gasteiger partial charge in [-0.25, -0.2) is 0 Å². The molecule has 5 N–H and O–H groups in total. The van der Waals surface area contributed by atoms with E-state index < -0.39 is 45.1 Å². The van der Waals surface area contributed by atoms with Crippen molar-refractivity contribution in [2.24, 2.45) is 57.2 Å². The van der Waals surface area contributed by atoms with E-state index in [0.29, 0.717) is 56.7 Å². The smallest absolute Gasteiger partial charge is 0.233 e. The van der Waals surface area contributed by atoms with Crippen LogP contribution in [0.3, 0.4) is 0 Å². The number of allylic oxidation sites excluding steroid dienone is 1. The third-order valence-electron chi connectivity index (χ3n) is 19.5. The Balaban J connectivity index is 1.17. The summed E-state index contributed by atoms with van der Waals surface area (Å²) < 4.78 is 6.38. The Bertz CT molecular complexity index is 1940. The molecule has 1 amide bonds. The molecule has 5 aliphatic carbocycles. The summed E-state index contributed by atoms with van der Waals surface area (Å²) in [5.74, 6) is 2.00. The number of aliphatic hydroxyl groups excluding tert-OH is 2. The largest absolute Gasteiger partial charge is 0.508 e. The van der Waals surface area contributed by atoms with Gasteiger partial charge >= 0.3 is 0 Å². The highest BCUT2D eigenvalue weighted by Crippen LogP contribution is 2.73. The second kappa shape index (κ2) is 16.3. The molecule has 2 saturated heterocycles. The Morgan fingerprint density at radius 2 is 1.74 bits per heavy atom. The number of phenols is 1. The standard InChI is InChI=1S/C51H75NO8S2/c1-7-8-9-12-33-27-52-35-21-32(22-36(53)23-35)14-18-48-19-15-37-38(51(48,59)20-16-41(48)47(6,58)44-43(60-44)31(4)30(2)3)24-42(56)49(26-40(55)39(54)25-46(37,49)5)29-62-61-28-34-13-10-11-17-50(33,34)45(52)57/h21-24,30-31,33-34,37,39-41,43-44,53-55,58-59H,7-20,25-29H2,1-6H3. The Labute approximate surface area is 378 Å². The Morgan fingerprint density at radius 3 is 2.50 bits per heavy atom. The molecule has 15 atom stereocenters. The fourth-order valence-corrected chi connectivity index (χ4v) is 18.8. The number of hydrogen-bond donors (Lipinski definition) is 5. The highest BCUT2D eigenvalue weighted by molar-refractivity contribution is 8.76. The maximum Gasteiger partial charge on any atom is 0.233 e. The van der Waals surface area contributed by atoms with Crippen LogP contribution in [0.5, 0.6) is 5.75 Å². The molecule has 1 aromatic carbocycles. The molecule has 62 heavy (non-hydrogen) atoms. The molecule has 1 aromatic rings. The van der Waals surface area contributed by atoms with Gasteiger partial charge in [-0.05, 0) is 148 Å². The minimum Gasteiger partial charge on any atom is -0.508 e. The third kappa shape index (κ3) is 6.71. The van der Waals surface area contributed by atoms with Gasteiger partial charge in [0.1, 0.15) is 11.9 Å². The average molecular weight is 894 g/mol. The highest BCUT2D eigenvalue weighted by atomic mass is 33.1. The van der Waals surface area contributed by atoms with Crippen LogP contribution in [-0.4, -0.2) is 90.9 Å². The lowest BCUT2D eigenvalue weighted by atomic mass is 9.41. The van der Waals surface area contributed by atoms with Gasteiger partial charge in [-0.3, -0.25) is 9.59 Å². The van der Waals surface area contributed by atoms with E-state index in [9.17, 15) is 25.5 Å². The first kappa shape index (κ1) is 45.6. The van der Waals surface area contributed by atoms with Crippen LogP contribution in [0.25, 0.3) is 0 Å². The van der Waals surface area contributed by atoms with Crippen molar-refractivity contribution in [1.29, 1.82) is 0 Å². The van der Waals surface area contributed by atoms with E-state index >= 15 is 9.59 Å². The molecule has 8 bridgehead atoms. The first-order chi connectivity index (χ1) is 29.4. The molecule has 4 saturated carbocycles. The number of fused-ring (bicyclic) bond motifs is 2. The molecule has 6 fully saturated rings. The quantitative estimate of drug-likeness (QED) is 0.0974. The summed E-state index contributed by atoms with van der Waals surface area (Å²) in [5, 5.41) is 60.9. The number of epoxide rings is 1. The zero-order valence-electron chi connectivity index (χ0n) is 38.2. The zero-order chi connectivity index (χ0) is 44.2. The number of unbranched alkanes of at least 4 members (excludes halogenated alkanes) is 2. The number of hydrogen-bond acceptors (Lipinski definition) is 10. The number of aliphatic hydroxyl groups is 4. The van der Waals surface area contributed by atoms with E-state index in [-0.39, 0.29) is 72.1 Å². The molecular formula is C51H75NO8S2. The van der Waals surface area contributed by atoms with Gasteiger partial charge < -0.3 is 35.2 Å². The molecule has 0 aromatic heterocycles. The normalized spacial score (nSPS) is 44.4. The molecule has 5 heterocycles. The summed E-state index contributed by atoms with van der Waals surface area (Å²) in [4.78, 5) is 32.5. The number of nitrogens with zero attached hydrogens (tertiary/aromatic N) is 1. The number of aryl methyl sites for hydroxylation is 1. The first-order valence-corrected chi connectivity index (χ1v) is 27.0. The van der Waals surface area contributed by atoms with E-state index in [1.165, 1.54) is 0 Å². The number of phenolic OH excluding ortho intramolecular Hbond substituents is 1. The molecule has 11 heteroatoms. The van der Waals surface area contributed by atoms with Crippen molar-refractivity contribution < 1.29 is 39.9 Å². The molecular weight excluding hydrogens is 819 g/mol. The van der Waals surface area contributed by atoms with Crippen molar-refractivity contribution in [1.82, 2.24) is 0 Å². The van der Waals surface area contributed by atoms with Crippen LogP contribution in [0, 0.1) is 57.2 Å². The van der Waals surface area contributed by atoms with Crippen LogP contribution in [0.15, 0.2) is 29.8 Å². The molecule has 10 aliphatic rings. The number of ketones is 1. The molecule has 3 spiro atoms. The zero-order valence-corrected chi connectivity index (χ0v) is 39.9. The number of rotatable bonds is 8. The first-order valence-electron chi connectivity index (χ1n) is 24.5. The monoisotopic (exact) mass is 893 g/mol. The number of carbonyl (C=O) groups excluding carboxylic acids is 2. The van der Waals surface area contributed by atoms with E-state index in [2.05, 4.69) is 40.7 Å². The Kier molecular flexibility index (Phi) is 12.0. The summed E-state index contributed by atoms with van der Waals surface area (Å²) in [6, 6.07) is 5.66. The third-order valence-corrected chi connectivity index (χ3v) is 22.1. The van der Waals surface area contributed by atoms with Crippen LogP contribution in [0.1, 0.15) is 143 Å². The van der Waals surface area contributed by atoms with Crippen LogP contribution >= 0.6 is 21.6 Å². The molecule has 9 nitrogen and oxygen atoms in total. The molecule has 15 unspecified atom stereocenters. The van der Waals surface area contributed by atoms with Gasteiger partial charge in [-0.2, -0.15) is 0 Å². The lowest BCUT2D eigenvalue weighted by Gasteiger charge is -2.65. The molecule has 344 valence electrons. The Morgan fingerprint density at radius 1 is 0.968 bits per heavy atom. The van der Waals surface area contributed by atoms with Gasteiger partial charge in [0.2, 0.25) is 5.91 Å². The van der Waals surface area contributed by atoms with Gasteiger partial charge in [-0.1, -0.05) is 88.3 Å². The number of aromatic hydroxyl groups is 1. The topological polar surface area (TPSA) is 151 Å². The number of amides is 1. The predicted octanol–water partition coefficient (Wildman–Crippen LogP) is 8.80. The van der Waals surface area contributed by atoms with E-state index in [4.69, 9.17) is 4.74 Å². The second-order valence-corrected chi connectivity index (χ2v) is 25.1. The Hall–Kier alpha value is -1.60. The summed E-state index contributed by atoms with van der Waals surface area (Å²) in [7, 11) is 3.47. The van der Waals surface area contributed by atoms with Gasteiger partial charge in [0.05, 0.1) is 40.3 Å². The highest BCUT2D eigenvalue weighted by Gasteiger charge is 2.74. The average Bonchev–Trinajstić information content (AvgIpc) is 3.92. The summed E-state index contributed by atoms with van der Waals surface area (Å²) >= 11 is 0. The summed E-state index contributed by atoms with van der Waals surface area (Å²) in [6.45, 7) is 13.5. The molecule has 5 aliphatic heterocycles. The SMILES string of the molecule is CCCCCC1CN2C(=O)C13CCCCC3CSSCC13CC(O)C(O)CC1(C)C1CCC4(CCc5cc(O)cc2c5)C(C(C)(O)C2OC2C(C)C(C)C)CCC4(O)C1=CC3=O. The number of ether oxygens (including phenoxy) is 1. The maximum absolute atomic E-state index is 15.3. The maximum atomic E-state index is 15.3. The van der Waals surface area contributed by atoms with Crippen molar-refractivity contribution in [3.05, 3.63) is 35.4 Å². The lowest BCUT2D eigenvalue weighted by Crippen LogP contribution is -2.67. The van der Waals surface area contributed by atoms with Crippen molar-refractivity contribution in [2.45, 2.75) is 180 Å². The second-order valence-electron chi connectivity index (χ2n) is 22.6. The van der Waals surface area contributed by atoms with Crippen LogP contribution in [-0.2, 0) is 20.7 Å². The van der Waals surface area contributed by atoms with Crippen LogP contribution in [0.2, 0.25) is 0 Å². The number of carbonyl (C=O) groups is 2. The van der Waals surface area contributed by atoms with Crippen molar-refractivity contribution in [2.75, 3.05) is 23.0 Å². The van der Waals surface area contributed by atoms with Crippen molar-refractivity contribution >= 4 is 39.0 Å². The van der Waals surface area contributed by atoms with Gasteiger partial charge in [-0.15, -0.1) is 0 Å². The summed E-state index contributed by atoms with van der Waals surface area (Å²) in [5.41, 5.74) is -3.25. The number of benzene rings is 1. The molecule has 11 rings (SSSR count). The molecule has 0 radical (unpaired) electrons. The van der Waals surface area contributed by atoms with E-state index in [1.807, 2.05) is 11.8 Å². The van der Waals surface area contributed by atoms with Crippen LogP contribution < -0.4 is 4.90 Å². The lowest BCUT2D eigenvalue weighted by molar-refractivity contribution is -0.183. The number of anilines is 1. The van der Waals surface area contributed by atoms with Gasteiger partial charge in [0, 0.05) is 35.2 Å². The predicted molar refractivity (Wildman–Crippen MR) is 247 cm³/mol. The van der Waals surface area contributed by atoms with Gasteiger partial charge in [0.25, 0.3) is 0 Å². The van der Waals surface area contributed by atoms with Gasteiger partial charge in [0.15, 0.2) is 5.78 Å². The minimum atomic E-state index is -1.41. The minimum absolute atomic E-state index is 0.0663. The van der Waals surface area contributed by atoms with Crippen molar-refractivity contribution in [3.8, 4) is 5.75 Å². The van der Waals surface area contributed by atoms with E-state index in [0.717, 1.165) is 73.9 Å². The fraction of sp³-hybridized carbons (Fsp3) is 0.804.